The number of fused-ring (bicyclic) bond motifs is 1. The third kappa shape index (κ3) is 4.47. The van der Waals surface area contributed by atoms with Crippen LogP contribution in [0.5, 0.6) is 11.6 Å². The van der Waals surface area contributed by atoms with Crippen LogP contribution in [-0.2, 0) is 0 Å². The van der Waals surface area contributed by atoms with E-state index in [1.54, 1.807) is 0 Å². The molecule has 2 fully saturated rings. The van der Waals surface area contributed by atoms with Gasteiger partial charge in [0, 0.05) is 24.7 Å². The van der Waals surface area contributed by atoms with E-state index in [4.69, 9.17) is 20.6 Å². The Hall–Kier alpha value is -3.49. The molecule has 0 unspecified atom stereocenters. The van der Waals surface area contributed by atoms with Crippen molar-refractivity contribution in [1.82, 2.24) is 30.0 Å². The summed E-state index contributed by atoms with van der Waals surface area (Å²) in [6.45, 7) is 4.37. The van der Waals surface area contributed by atoms with Gasteiger partial charge >= 0.3 is 0 Å². The van der Waals surface area contributed by atoms with Gasteiger partial charge in [-0.2, -0.15) is 0 Å². The highest BCUT2D eigenvalue weighted by molar-refractivity contribution is 5.92. The third-order valence-corrected chi connectivity index (χ3v) is 7.21. The third-order valence-electron chi connectivity index (χ3n) is 7.21. The summed E-state index contributed by atoms with van der Waals surface area (Å²) in [7, 11) is 0. The van der Waals surface area contributed by atoms with Crippen LogP contribution in [0.3, 0.4) is 0 Å². The second-order valence-corrected chi connectivity index (χ2v) is 9.41. The number of nitrogens with zero attached hydrogens (tertiary/aromatic N) is 5. The Kier molecular flexibility index (Phi) is 6.06. The molecular weight excluding hydrogens is 438 g/mol. The Balaban J connectivity index is 1.36. The minimum Gasteiger partial charge on any atom is -0.437 e. The fraction of sp³-hybridized carbons (Fsp3) is 0.370. The van der Waals surface area contributed by atoms with Crippen LogP contribution in [0.4, 0.5) is 5.82 Å². The summed E-state index contributed by atoms with van der Waals surface area (Å²) in [5.41, 5.74) is 8.18. The van der Waals surface area contributed by atoms with Gasteiger partial charge in [0.1, 0.15) is 17.0 Å². The summed E-state index contributed by atoms with van der Waals surface area (Å²) < 4.78 is 8.24. The Labute approximate surface area is 205 Å². The monoisotopic (exact) mass is 469 g/mol. The van der Waals surface area contributed by atoms with Gasteiger partial charge in [-0.05, 0) is 50.9 Å². The van der Waals surface area contributed by atoms with Crippen molar-refractivity contribution in [2.75, 3.05) is 31.9 Å². The zero-order valence-electron chi connectivity index (χ0n) is 19.8. The molecule has 0 amide bonds. The predicted octanol–water partition coefficient (Wildman–Crippen LogP) is 4.26. The van der Waals surface area contributed by atoms with Crippen LogP contribution < -0.4 is 15.8 Å². The van der Waals surface area contributed by atoms with Crippen molar-refractivity contribution in [3.63, 3.8) is 0 Å². The summed E-state index contributed by atoms with van der Waals surface area (Å²) in [5, 5.41) is 9.07. The molecule has 2 aliphatic rings. The van der Waals surface area contributed by atoms with Gasteiger partial charge in [0.05, 0.1) is 6.04 Å². The molecule has 2 aliphatic heterocycles. The van der Waals surface area contributed by atoms with Gasteiger partial charge in [0.15, 0.2) is 11.5 Å². The number of rotatable bonds is 5. The molecule has 3 N–H and O–H groups in total. The number of hydrogen-bond acceptors (Lipinski definition) is 7. The number of ether oxygens (including phenoxy) is 1. The number of aromatic nitrogens is 4. The largest absolute Gasteiger partial charge is 0.437 e. The molecule has 8 nitrogen and oxygen atoms in total. The number of anilines is 1. The van der Waals surface area contributed by atoms with Gasteiger partial charge in [-0.15, -0.1) is 5.10 Å². The molecule has 35 heavy (non-hydrogen) atoms. The van der Waals surface area contributed by atoms with Crippen molar-refractivity contribution in [3.8, 4) is 23.0 Å². The first-order valence-corrected chi connectivity index (χ1v) is 12.5. The molecule has 6 rings (SSSR count). The quantitative estimate of drug-likeness (QED) is 0.451. The number of hydrogen-bond donors (Lipinski definition) is 2. The Morgan fingerprint density at radius 1 is 0.829 bits per heavy atom. The summed E-state index contributed by atoms with van der Waals surface area (Å²) in [6, 6.07) is 20.6. The number of nitrogens with one attached hydrogen (secondary N) is 1. The standard InChI is InChI=1S/C27H31N7O/c28-24-23-26(31-25(30-24)19-7-3-1-4-8-19)34(32-27(23)35-22-9-5-2-6-10-22)21-13-17-33(18-14-21)20-11-15-29-16-12-20/h1-10,20-21,29H,11-18H2,(H2,28,30,31). The van der Waals surface area contributed by atoms with Crippen molar-refractivity contribution in [2.45, 2.75) is 37.8 Å². The zero-order valence-corrected chi connectivity index (χ0v) is 19.8. The minimum absolute atomic E-state index is 0.238. The van der Waals surface area contributed by atoms with E-state index in [1.807, 2.05) is 65.3 Å². The lowest BCUT2D eigenvalue weighted by atomic mass is 9.98. The van der Waals surface area contributed by atoms with Gasteiger partial charge in [-0.3, -0.25) is 0 Å². The van der Waals surface area contributed by atoms with E-state index in [0.29, 0.717) is 34.7 Å². The van der Waals surface area contributed by atoms with Crippen LogP contribution in [0.1, 0.15) is 31.7 Å². The van der Waals surface area contributed by atoms with Crippen molar-refractivity contribution in [2.24, 2.45) is 0 Å². The number of piperidine rings is 2. The number of nitrogen functional groups attached to an aromatic ring is 1. The minimum atomic E-state index is 0.238. The average molecular weight is 470 g/mol. The smallest absolute Gasteiger partial charge is 0.251 e. The number of likely N-dealkylation sites (tertiary alicyclic amines) is 1. The Morgan fingerprint density at radius 3 is 2.23 bits per heavy atom. The first-order chi connectivity index (χ1) is 17.3. The molecule has 0 aliphatic carbocycles. The predicted molar refractivity (Wildman–Crippen MR) is 137 cm³/mol. The lowest BCUT2D eigenvalue weighted by Gasteiger charge is -2.39. The second kappa shape index (κ2) is 9.64. The summed E-state index contributed by atoms with van der Waals surface area (Å²) in [4.78, 5) is 12.2. The second-order valence-electron chi connectivity index (χ2n) is 9.41. The Morgan fingerprint density at radius 2 is 1.51 bits per heavy atom. The molecule has 2 aromatic heterocycles. The molecule has 0 atom stereocenters. The maximum Gasteiger partial charge on any atom is 0.251 e. The van der Waals surface area contributed by atoms with Gasteiger partial charge in [0.25, 0.3) is 5.88 Å². The van der Waals surface area contributed by atoms with E-state index in [-0.39, 0.29) is 6.04 Å². The maximum absolute atomic E-state index is 6.51. The van der Waals surface area contributed by atoms with Crippen LogP contribution in [0.15, 0.2) is 60.7 Å². The number of nitrogens with two attached hydrogens (primary N) is 1. The molecule has 2 saturated heterocycles. The molecule has 0 saturated carbocycles. The fourth-order valence-corrected chi connectivity index (χ4v) is 5.34. The van der Waals surface area contributed by atoms with Crippen molar-refractivity contribution < 1.29 is 4.74 Å². The molecule has 2 aromatic carbocycles. The van der Waals surface area contributed by atoms with Crippen molar-refractivity contribution in [3.05, 3.63) is 60.7 Å². The highest BCUT2D eigenvalue weighted by Crippen LogP contribution is 2.37. The molecule has 4 aromatic rings. The van der Waals surface area contributed by atoms with E-state index < -0.39 is 0 Å². The van der Waals surface area contributed by atoms with Crippen molar-refractivity contribution >= 4 is 16.9 Å². The van der Waals surface area contributed by atoms with Crippen molar-refractivity contribution in [1.29, 1.82) is 0 Å². The number of para-hydroxylation sites is 1. The van der Waals surface area contributed by atoms with E-state index in [2.05, 4.69) is 15.2 Å². The van der Waals surface area contributed by atoms with Crippen LogP contribution in [0.2, 0.25) is 0 Å². The van der Waals surface area contributed by atoms with E-state index in [1.165, 1.54) is 12.8 Å². The van der Waals surface area contributed by atoms with E-state index in [0.717, 1.165) is 50.2 Å². The molecule has 4 heterocycles. The average Bonchev–Trinajstić information content (AvgIpc) is 3.29. The summed E-state index contributed by atoms with van der Waals surface area (Å²) in [6.07, 6.45) is 4.51. The van der Waals surface area contributed by atoms with E-state index >= 15 is 0 Å². The highest BCUT2D eigenvalue weighted by Gasteiger charge is 2.30. The summed E-state index contributed by atoms with van der Waals surface area (Å²) in [5.74, 6) is 2.17. The van der Waals surface area contributed by atoms with Gasteiger partial charge < -0.3 is 20.7 Å². The first-order valence-electron chi connectivity index (χ1n) is 12.5. The van der Waals surface area contributed by atoms with Crippen LogP contribution in [0, 0.1) is 0 Å². The lowest BCUT2D eigenvalue weighted by Crippen LogP contribution is -2.46. The topological polar surface area (TPSA) is 94.1 Å². The SMILES string of the molecule is Nc1nc(-c2ccccc2)nc2c1c(Oc1ccccc1)nn2C1CCN(C2CCNCC2)CC1. The highest BCUT2D eigenvalue weighted by atomic mass is 16.5. The van der Waals surface area contributed by atoms with Crippen LogP contribution >= 0.6 is 0 Å². The maximum atomic E-state index is 6.51. The van der Waals surface area contributed by atoms with E-state index in [9.17, 15) is 0 Å². The van der Waals surface area contributed by atoms with Crippen LogP contribution in [-0.4, -0.2) is 56.9 Å². The molecule has 0 bridgehead atoms. The Bertz CT molecular complexity index is 1280. The first kappa shape index (κ1) is 22.0. The fourth-order valence-electron chi connectivity index (χ4n) is 5.34. The van der Waals surface area contributed by atoms with Crippen LogP contribution in [0.25, 0.3) is 22.4 Å². The van der Waals surface area contributed by atoms with Gasteiger partial charge in [-0.1, -0.05) is 48.5 Å². The van der Waals surface area contributed by atoms with Gasteiger partial charge in [-0.25, -0.2) is 14.6 Å². The molecule has 180 valence electrons. The zero-order chi connectivity index (χ0) is 23.6. The molecule has 0 radical (unpaired) electrons. The van der Waals surface area contributed by atoms with Gasteiger partial charge in [0.2, 0.25) is 0 Å². The molecule has 8 heteroatoms. The number of benzene rings is 2. The lowest BCUT2D eigenvalue weighted by molar-refractivity contribution is 0.111. The normalized spacial score (nSPS) is 18.2. The molecular formula is C27H31N7O. The summed E-state index contributed by atoms with van der Waals surface area (Å²) >= 11 is 0. The molecule has 0 spiro atoms.